The van der Waals surface area contributed by atoms with Crippen LogP contribution in [0.4, 0.5) is 5.69 Å². The van der Waals surface area contributed by atoms with Crippen LogP contribution in [0.25, 0.3) is 0 Å². The second kappa shape index (κ2) is 13.7. The minimum Gasteiger partial charge on any atom is -0.504 e. The highest BCUT2D eigenvalue weighted by atomic mass is 16.8. The van der Waals surface area contributed by atoms with E-state index in [0.717, 1.165) is 12.1 Å². The summed E-state index contributed by atoms with van der Waals surface area (Å²) in [5, 5.41) is 101. The van der Waals surface area contributed by atoms with Gasteiger partial charge in [0, 0.05) is 30.8 Å². The zero-order valence-corrected chi connectivity index (χ0v) is 24.8. The van der Waals surface area contributed by atoms with Crippen molar-refractivity contribution in [2.24, 2.45) is 4.99 Å². The summed E-state index contributed by atoms with van der Waals surface area (Å²) >= 11 is 0. The first-order valence-corrected chi connectivity index (χ1v) is 14.5. The fourth-order valence-electron chi connectivity index (χ4n) is 5.71. The van der Waals surface area contributed by atoms with Gasteiger partial charge in [-0.3, -0.25) is 4.99 Å². The largest absolute Gasteiger partial charge is 0.504 e. The first-order chi connectivity index (χ1) is 22.7. The maximum atomic E-state index is 12.2. The number of nitrogens with zero attached hydrogens (tertiary/aromatic N) is 2. The van der Waals surface area contributed by atoms with E-state index < -0.39 is 110 Å². The maximum Gasteiger partial charge on any atom is 0.354 e. The molecule has 0 aromatic heterocycles. The lowest BCUT2D eigenvalue weighted by atomic mass is 9.98. The minimum atomic E-state index is -2.09. The number of benzene rings is 1. The molecule has 10 atom stereocenters. The summed E-state index contributed by atoms with van der Waals surface area (Å²) in [6.07, 6.45) is -8.22. The van der Waals surface area contributed by atoms with Crippen LogP contribution in [-0.2, 0) is 35.0 Å². The van der Waals surface area contributed by atoms with Gasteiger partial charge in [-0.05, 0) is 29.4 Å². The first-order valence-electron chi connectivity index (χ1n) is 14.5. The van der Waals surface area contributed by atoms with E-state index in [1.807, 2.05) is 0 Å². The number of hydrogen-bond acceptors (Lipinski definition) is 16. The Morgan fingerprint density at radius 1 is 1.04 bits per heavy atom. The van der Waals surface area contributed by atoms with Gasteiger partial charge in [-0.25, -0.2) is 14.4 Å². The van der Waals surface area contributed by atoms with Crippen molar-refractivity contribution in [3.63, 3.8) is 0 Å². The number of phenolic OH excluding ortho intramolecular Hbond substituents is 1. The fourth-order valence-corrected chi connectivity index (χ4v) is 5.71. The van der Waals surface area contributed by atoms with Crippen molar-refractivity contribution in [2.75, 3.05) is 24.7 Å². The first kappa shape index (κ1) is 35.1. The van der Waals surface area contributed by atoms with Gasteiger partial charge >= 0.3 is 17.9 Å². The summed E-state index contributed by atoms with van der Waals surface area (Å²) < 4.78 is 22.2. The second-order valence-electron chi connectivity index (χ2n) is 11.6. The second-order valence-corrected chi connectivity index (χ2v) is 11.6. The molecule has 4 aliphatic heterocycles. The number of carbonyl (C=O) groups is 3. The molecule has 0 saturated carbocycles. The van der Waals surface area contributed by atoms with Gasteiger partial charge in [0.05, 0.1) is 19.8 Å². The average Bonchev–Trinajstić information content (AvgIpc) is 3.55. The van der Waals surface area contributed by atoms with Crippen LogP contribution in [0.15, 0.2) is 41.1 Å². The normalized spacial score (nSPS) is 34.9. The van der Waals surface area contributed by atoms with E-state index in [2.05, 4.69) is 4.99 Å². The summed E-state index contributed by atoms with van der Waals surface area (Å²) in [5.41, 5.74) is -1.80. The van der Waals surface area contributed by atoms with Crippen molar-refractivity contribution in [1.82, 2.24) is 0 Å². The average molecular weight is 683 g/mol. The van der Waals surface area contributed by atoms with E-state index in [-0.39, 0.29) is 29.9 Å². The Labute approximate surface area is 270 Å². The molecular formula is C29H34N2O17. The van der Waals surface area contributed by atoms with Gasteiger partial charge in [-0.15, -0.1) is 0 Å². The molecule has 262 valence electrons. The van der Waals surface area contributed by atoms with E-state index in [9.17, 15) is 65.4 Å². The summed E-state index contributed by atoms with van der Waals surface area (Å²) in [7, 11) is 0. The van der Waals surface area contributed by atoms with E-state index in [1.165, 1.54) is 23.2 Å². The number of fused-ring (bicyclic) bond motifs is 1. The third-order valence-electron chi connectivity index (χ3n) is 8.41. The van der Waals surface area contributed by atoms with Crippen LogP contribution >= 0.6 is 0 Å². The van der Waals surface area contributed by atoms with Gasteiger partial charge in [-0.2, -0.15) is 0 Å². The van der Waals surface area contributed by atoms with Crippen molar-refractivity contribution in [3.05, 3.63) is 41.6 Å². The van der Waals surface area contributed by atoms with Gasteiger partial charge in [-0.1, -0.05) is 0 Å². The number of carboxylic acids is 3. The number of rotatable bonds is 11. The molecule has 4 heterocycles. The van der Waals surface area contributed by atoms with Crippen LogP contribution in [0.3, 0.4) is 0 Å². The molecule has 2 fully saturated rings. The highest BCUT2D eigenvalue weighted by molar-refractivity contribution is 6.41. The van der Waals surface area contributed by atoms with Crippen LogP contribution in [0.5, 0.6) is 11.5 Å². The Hall–Kier alpha value is -4.18. The summed E-state index contributed by atoms with van der Waals surface area (Å²) in [5.74, 6) is -4.92. The number of aliphatic imine (C=N–C) groups is 1. The molecule has 0 aliphatic carbocycles. The topological polar surface area (TPSA) is 306 Å². The van der Waals surface area contributed by atoms with Gasteiger partial charge in [0.1, 0.15) is 41.8 Å². The highest BCUT2D eigenvalue weighted by Gasteiger charge is 2.53. The lowest BCUT2D eigenvalue weighted by molar-refractivity contribution is -0.319. The number of aliphatic hydroxyl groups excluding tert-OH is 5. The van der Waals surface area contributed by atoms with E-state index in [1.54, 1.807) is 0 Å². The summed E-state index contributed by atoms with van der Waals surface area (Å²) in [4.78, 5) is 40.1. The standard InChI is InChI=1S/C29H34N2O17/c32-8-19-20(35)21(36)22(48-28-23(37)29(44,9-33)10-45-28)27(47-19)46-18-6-12-5-16(26(42)43)31(15(12)7-17(18)34)2-1-11-3-13(24(38)39)30-14(4-11)25(40)41/h1-3,6-7,14,16,19-23,27-28,32-37,44H,4-5,8-10H2,(H,38,39)(H,40,41)(H,42,43)/b2-1+/t14-,16-,19+,20+,21-,22+,23-,27+,28-,29+/m0/s1. The lowest BCUT2D eigenvalue weighted by Crippen LogP contribution is -2.62. The molecule has 0 unspecified atom stereocenters. The summed E-state index contributed by atoms with van der Waals surface area (Å²) in [6.45, 7) is -2.21. The van der Waals surface area contributed by atoms with E-state index in [4.69, 9.17) is 18.9 Å². The number of allylic oxidation sites excluding steroid dienone is 1. The van der Waals surface area contributed by atoms with Crippen LogP contribution in [0.1, 0.15) is 12.0 Å². The number of carboxylic acid groups (broad SMARTS) is 3. The molecule has 2 saturated heterocycles. The van der Waals surface area contributed by atoms with Gasteiger partial charge in [0.15, 0.2) is 29.9 Å². The smallest absolute Gasteiger partial charge is 0.354 e. The van der Waals surface area contributed by atoms with Crippen molar-refractivity contribution in [3.8, 4) is 11.5 Å². The molecule has 1 aromatic rings. The Morgan fingerprint density at radius 2 is 1.77 bits per heavy atom. The van der Waals surface area contributed by atoms with Crippen molar-refractivity contribution >= 4 is 29.3 Å². The lowest BCUT2D eigenvalue weighted by Gasteiger charge is -2.42. The Bertz CT molecular complexity index is 1530. The number of phenols is 1. The SMILES string of the molecule is O=C(O)C1=N[C@H](C(=O)O)CC(/C=C/N2c3cc(O)c(O[C@@H]4O[C@H](CO)[C@@H](O)[C@H](O)[C@H]4O[C@@H]4OC[C@](O)(CO)[C@H]4O)cc3C[C@H]2C(=O)O)=C1. The van der Waals surface area contributed by atoms with Crippen molar-refractivity contribution in [1.29, 1.82) is 0 Å². The van der Waals surface area contributed by atoms with Gasteiger partial charge in [0.25, 0.3) is 0 Å². The van der Waals surface area contributed by atoms with Gasteiger partial charge in [0.2, 0.25) is 6.29 Å². The molecule has 10 N–H and O–H groups in total. The van der Waals surface area contributed by atoms with Crippen molar-refractivity contribution < 1.29 is 84.4 Å². The number of aliphatic carboxylic acids is 3. The minimum absolute atomic E-state index is 0.127. The molecule has 1 aromatic carbocycles. The molecule has 0 radical (unpaired) electrons. The molecular weight excluding hydrogens is 648 g/mol. The predicted octanol–water partition coefficient (Wildman–Crippen LogP) is -3.33. The van der Waals surface area contributed by atoms with Crippen LogP contribution < -0.4 is 9.64 Å². The Kier molecular flexibility index (Phi) is 10.1. The fraction of sp³-hybridized carbons (Fsp3) is 0.517. The molecule has 5 rings (SSSR count). The highest BCUT2D eigenvalue weighted by Crippen LogP contribution is 2.42. The van der Waals surface area contributed by atoms with E-state index in [0.29, 0.717) is 5.56 Å². The van der Waals surface area contributed by atoms with E-state index >= 15 is 0 Å². The number of aromatic hydroxyl groups is 1. The quantitative estimate of drug-likeness (QED) is 0.109. The molecule has 0 bridgehead atoms. The predicted molar refractivity (Wildman–Crippen MR) is 155 cm³/mol. The number of aliphatic hydroxyl groups is 6. The number of hydrogen-bond donors (Lipinski definition) is 10. The molecule has 19 nitrogen and oxygen atoms in total. The zero-order chi connectivity index (χ0) is 35.1. The third-order valence-corrected chi connectivity index (χ3v) is 8.41. The van der Waals surface area contributed by atoms with Crippen LogP contribution in [0.2, 0.25) is 0 Å². The Balaban J connectivity index is 1.41. The molecule has 19 heteroatoms. The molecule has 0 spiro atoms. The molecule has 4 aliphatic rings. The number of anilines is 1. The number of dihydropyridines is 1. The molecule has 0 amide bonds. The maximum absolute atomic E-state index is 12.2. The Morgan fingerprint density at radius 3 is 2.38 bits per heavy atom. The number of ether oxygens (including phenoxy) is 4. The van der Waals surface area contributed by atoms with Gasteiger partial charge < -0.3 is 74.9 Å². The zero-order valence-electron chi connectivity index (χ0n) is 24.8. The van der Waals surface area contributed by atoms with Crippen LogP contribution in [-0.4, -0.2) is 155 Å². The summed E-state index contributed by atoms with van der Waals surface area (Å²) in [6, 6.07) is -0.145. The van der Waals surface area contributed by atoms with Crippen LogP contribution in [0, 0.1) is 0 Å². The monoisotopic (exact) mass is 682 g/mol. The third kappa shape index (κ3) is 6.72. The molecule has 48 heavy (non-hydrogen) atoms. The van der Waals surface area contributed by atoms with Crippen molar-refractivity contribution in [2.45, 2.75) is 73.6 Å².